The molecule has 4 rings (SSSR count). The van der Waals surface area contributed by atoms with E-state index in [9.17, 15) is 4.79 Å². The van der Waals surface area contributed by atoms with Crippen LogP contribution in [-0.4, -0.2) is 71.0 Å². The first kappa shape index (κ1) is 25.5. The van der Waals surface area contributed by atoms with Crippen molar-refractivity contribution >= 4 is 35.8 Å². The van der Waals surface area contributed by atoms with Crippen LogP contribution in [0.3, 0.4) is 0 Å². The number of hydrogen-bond acceptors (Lipinski definition) is 5. The first-order valence-corrected chi connectivity index (χ1v) is 11.6. The molecule has 9 heteroatoms. The molecule has 2 aliphatic rings. The van der Waals surface area contributed by atoms with Crippen LogP contribution in [-0.2, 0) is 24.4 Å². The molecule has 0 spiro atoms. The van der Waals surface area contributed by atoms with Crippen LogP contribution in [0.2, 0.25) is 0 Å². The summed E-state index contributed by atoms with van der Waals surface area (Å²) in [6, 6.07) is 10.5. The highest BCUT2D eigenvalue weighted by Crippen LogP contribution is 2.16. The lowest BCUT2D eigenvalue weighted by Crippen LogP contribution is -2.52. The number of amides is 1. The molecule has 0 atom stereocenters. The van der Waals surface area contributed by atoms with Gasteiger partial charge in [-0.1, -0.05) is 29.4 Å². The number of aromatic nitrogens is 1. The van der Waals surface area contributed by atoms with Gasteiger partial charge < -0.3 is 19.6 Å². The zero-order valence-electron chi connectivity index (χ0n) is 19.6. The number of aliphatic imine (C=N–C) groups is 1. The number of nitrogens with one attached hydrogen (secondary N) is 1. The number of carbonyl (C=O) groups is 1. The quantitative estimate of drug-likeness (QED) is 0.316. The van der Waals surface area contributed by atoms with Gasteiger partial charge in [0.2, 0.25) is 5.91 Å². The van der Waals surface area contributed by atoms with Gasteiger partial charge in [0.15, 0.2) is 5.96 Å². The topological polar surface area (TPSA) is 77.2 Å². The molecule has 0 radical (unpaired) electrons. The molecule has 3 heterocycles. The molecule has 180 valence electrons. The van der Waals surface area contributed by atoms with E-state index < -0.39 is 0 Å². The minimum Gasteiger partial charge on any atom is -0.361 e. The van der Waals surface area contributed by atoms with Gasteiger partial charge in [0.25, 0.3) is 0 Å². The van der Waals surface area contributed by atoms with Gasteiger partial charge in [0, 0.05) is 64.8 Å². The summed E-state index contributed by atoms with van der Waals surface area (Å²) in [6.07, 6.45) is 1.65. The lowest BCUT2D eigenvalue weighted by molar-refractivity contribution is -0.128. The zero-order chi connectivity index (χ0) is 22.3. The van der Waals surface area contributed by atoms with Crippen molar-refractivity contribution < 1.29 is 9.32 Å². The second-order valence-corrected chi connectivity index (χ2v) is 8.60. The standard InChI is InChI=1S/C24H34N6O2.HI/c1-3-25-24(29-12-10-28(11-13-29)18-22-14-19(2)32-27-22)26-16-20-6-4-7-21(15-20)17-30-9-5-8-23(30)31;/h4,6-7,14-15H,3,5,8-13,16-18H2,1-2H3,(H,25,26);1H. The number of carbonyl (C=O) groups excluding carboxylic acids is 1. The maximum atomic E-state index is 11.9. The normalized spacial score (nSPS) is 17.4. The van der Waals surface area contributed by atoms with Crippen molar-refractivity contribution in [1.82, 2.24) is 25.2 Å². The van der Waals surface area contributed by atoms with Crippen molar-refractivity contribution in [2.75, 3.05) is 39.3 Å². The van der Waals surface area contributed by atoms with Crippen LogP contribution in [0.5, 0.6) is 0 Å². The number of guanidine groups is 1. The van der Waals surface area contributed by atoms with Gasteiger partial charge in [-0.2, -0.15) is 0 Å². The highest BCUT2D eigenvalue weighted by molar-refractivity contribution is 14.0. The van der Waals surface area contributed by atoms with Crippen LogP contribution in [0.15, 0.2) is 39.8 Å². The number of hydrogen-bond donors (Lipinski definition) is 1. The van der Waals surface area contributed by atoms with Gasteiger partial charge in [-0.15, -0.1) is 24.0 Å². The average Bonchev–Trinajstić information content (AvgIpc) is 3.39. The number of halogens is 1. The van der Waals surface area contributed by atoms with Crippen LogP contribution in [0, 0.1) is 6.92 Å². The number of likely N-dealkylation sites (tertiary alicyclic amines) is 1. The Labute approximate surface area is 213 Å². The van der Waals surface area contributed by atoms with Crippen molar-refractivity contribution in [2.24, 2.45) is 4.99 Å². The fraction of sp³-hybridized carbons (Fsp3) is 0.542. The molecule has 1 amide bonds. The van der Waals surface area contributed by atoms with Gasteiger partial charge in [-0.25, -0.2) is 4.99 Å². The Hall–Kier alpha value is -2.14. The number of aryl methyl sites for hydroxylation is 1. The first-order valence-electron chi connectivity index (χ1n) is 11.6. The summed E-state index contributed by atoms with van der Waals surface area (Å²) in [5.41, 5.74) is 3.34. The number of benzene rings is 1. The molecule has 0 bridgehead atoms. The summed E-state index contributed by atoms with van der Waals surface area (Å²) >= 11 is 0. The summed E-state index contributed by atoms with van der Waals surface area (Å²) < 4.78 is 5.19. The molecule has 2 aromatic rings. The number of nitrogens with zero attached hydrogens (tertiary/aromatic N) is 5. The van der Waals surface area contributed by atoms with Crippen molar-refractivity contribution in [3.8, 4) is 0 Å². The van der Waals surface area contributed by atoms with Crippen LogP contribution in [0.25, 0.3) is 0 Å². The van der Waals surface area contributed by atoms with E-state index in [0.717, 1.165) is 69.6 Å². The molecule has 0 saturated carbocycles. The van der Waals surface area contributed by atoms with E-state index in [1.807, 2.05) is 17.9 Å². The van der Waals surface area contributed by atoms with Crippen molar-refractivity contribution in [2.45, 2.75) is 46.3 Å². The summed E-state index contributed by atoms with van der Waals surface area (Å²) in [6.45, 7) is 11.7. The van der Waals surface area contributed by atoms with Crippen molar-refractivity contribution in [1.29, 1.82) is 0 Å². The van der Waals surface area contributed by atoms with Crippen LogP contribution >= 0.6 is 24.0 Å². The van der Waals surface area contributed by atoms with E-state index in [2.05, 4.69) is 51.5 Å². The van der Waals surface area contributed by atoms with E-state index in [-0.39, 0.29) is 29.9 Å². The lowest BCUT2D eigenvalue weighted by Gasteiger charge is -2.36. The second-order valence-electron chi connectivity index (χ2n) is 8.60. The Bertz CT molecular complexity index is 939. The Morgan fingerprint density at radius 3 is 2.58 bits per heavy atom. The fourth-order valence-electron chi connectivity index (χ4n) is 4.35. The Morgan fingerprint density at radius 1 is 1.12 bits per heavy atom. The molecule has 1 aromatic carbocycles. The third kappa shape index (κ3) is 7.17. The molecule has 8 nitrogen and oxygen atoms in total. The van der Waals surface area contributed by atoms with E-state index in [1.54, 1.807) is 0 Å². The van der Waals surface area contributed by atoms with E-state index in [1.165, 1.54) is 11.1 Å². The summed E-state index contributed by atoms with van der Waals surface area (Å²) in [5.74, 6) is 2.08. The predicted octanol–water partition coefficient (Wildman–Crippen LogP) is 3.01. The minimum absolute atomic E-state index is 0. The smallest absolute Gasteiger partial charge is 0.222 e. The molecular weight excluding hydrogens is 531 g/mol. The lowest BCUT2D eigenvalue weighted by atomic mass is 10.1. The molecule has 0 unspecified atom stereocenters. The Kier molecular flexibility index (Phi) is 9.54. The third-order valence-corrected chi connectivity index (χ3v) is 6.02. The van der Waals surface area contributed by atoms with Gasteiger partial charge in [0.1, 0.15) is 5.76 Å². The van der Waals surface area contributed by atoms with Gasteiger partial charge in [-0.3, -0.25) is 9.69 Å². The monoisotopic (exact) mass is 566 g/mol. The maximum absolute atomic E-state index is 11.9. The molecule has 33 heavy (non-hydrogen) atoms. The summed E-state index contributed by atoms with van der Waals surface area (Å²) in [7, 11) is 0. The average molecular weight is 566 g/mol. The highest BCUT2D eigenvalue weighted by Gasteiger charge is 2.21. The minimum atomic E-state index is 0. The van der Waals surface area contributed by atoms with E-state index in [0.29, 0.717) is 19.5 Å². The van der Waals surface area contributed by atoms with Gasteiger partial charge in [-0.05, 0) is 31.4 Å². The molecule has 2 aliphatic heterocycles. The molecular formula is C24H35IN6O2. The number of piperazine rings is 1. The summed E-state index contributed by atoms with van der Waals surface area (Å²) in [5, 5.41) is 7.56. The van der Waals surface area contributed by atoms with Crippen molar-refractivity contribution in [3.63, 3.8) is 0 Å². The van der Waals surface area contributed by atoms with Gasteiger partial charge in [0.05, 0.1) is 12.2 Å². The molecule has 0 aliphatic carbocycles. The predicted molar refractivity (Wildman–Crippen MR) is 139 cm³/mol. The largest absolute Gasteiger partial charge is 0.361 e. The van der Waals surface area contributed by atoms with E-state index in [4.69, 9.17) is 9.52 Å². The second kappa shape index (κ2) is 12.4. The highest BCUT2D eigenvalue weighted by atomic mass is 127. The van der Waals surface area contributed by atoms with Crippen molar-refractivity contribution in [3.05, 3.63) is 52.9 Å². The Morgan fingerprint density at radius 2 is 1.91 bits per heavy atom. The Balaban J connectivity index is 0.00000306. The van der Waals surface area contributed by atoms with Crippen LogP contribution < -0.4 is 5.32 Å². The molecule has 1 N–H and O–H groups in total. The fourth-order valence-corrected chi connectivity index (χ4v) is 4.35. The van der Waals surface area contributed by atoms with E-state index >= 15 is 0 Å². The van der Waals surface area contributed by atoms with Gasteiger partial charge >= 0.3 is 0 Å². The zero-order valence-corrected chi connectivity index (χ0v) is 22.0. The molecule has 2 fully saturated rings. The van der Waals surface area contributed by atoms with Crippen LogP contribution in [0.4, 0.5) is 0 Å². The molecule has 1 aromatic heterocycles. The molecule has 2 saturated heterocycles. The van der Waals surface area contributed by atoms with Crippen LogP contribution in [0.1, 0.15) is 42.3 Å². The summed E-state index contributed by atoms with van der Waals surface area (Å²) in [4.78, 5) is 23.5. The SMILES string of the molecule is CCNC(=NCc1cccc(CN2CCCC2=O)c1)N1CCN(Cc2cc(C)on2)CC1.I. The first-order chi connectivity index (χ1) is 15.6. The maximum Gasteiger partial charge on any atom is 0.222 e. The third-order valence-electron chi connectivity index (χ3n) is 6.02. The number of rotatable bonds is 7.